The summed E-state index contributed by atoms with van der Waals surface area (Å²) in [6, 6.07) is 16.8. The second-order valence-corrected chi connectivity index (χ2v) is 5.45. The monoisotopic (exact) mass is 337 g/mol. The van der Waals surface area contributed by atoms with Gasteiger partial charge in [-0.2, -0.15) is 0 Å². The van der Waals surface area contributed by atoms with Gasteiger partial charge >= 0.3 is 0 Å². The largest absolute Gasteiger partial charge is 0.481 e. The van der Waals surface area contributed by atoms with E-state index in [-0.39, 0.29) is 5.91 Å². The van der Waals surface area contributed by atoms with Gasteiger partial charge < -0.3 is 14.1 Å². The fraction of sp³-hybridized carbons (Fsp3) is 0.211. The molecule has 2 aromatic carbocycles. The maximum atomic E-state index is 12.7. The van der Waals surface area contributed by atoms with Gasteiger partial charge in [0, 0.05) is 17.8 Å². The van der Waals surface area contributed by atoms with Crippen LogP contribution in [0.15, 0.2) is 65.4 Å². The molecule has 1 aromatic heterocycles. The molecular formula is C19H19N3O3. The molecule has 0 aliphatic heterocycles. The standard InChI is InChI=1S/C19H19N3O3/c1-3-22(16-7-5-4-6-8-16)19(23)14(2)25-17-11-9-15(10-12-17)18-21-20-13-24-18/h4-14H,3H2,1-2H3/t14-/m1/s1. The van der Waals surface area contributed by atoms with Crippen LogP contribution < -0.4 is 9.64 Å². The van der Waals surface area contributed by atoms with E-state index >= 15 is 0 Å². The van der Waals surface area contributed by atoms with E-state index in [0.29, 0.717) is 18.2 Å². The highest BCUT2D eigenvalue weighted by Gasteiger charge is 2.22. The number of anilines is 1. The molecule has 6 nitrogen and oxygen atoms in total. The summed E-state index contributed by atoms with van der Waals surface area (Å²) >= 11 is 0. The van der Waals surface area contributed by atoms with Crippen molar-refractivity contribution >= 4 is 11.6 Å². The molecule has 3 rings (SSSR count). The maximum Gasteiger partial charge on any atom is 0.267 e. The Balaban J connectivity index is 1.68. The van der Waals surface area contributed by atoms with Crippen LogP contribution in [0.1, 0.15) is 13.8 Å². The zero-order chi connectivity index (χ0) is 17.6. The molecule has 0 unspecified atom stereocenters. The van der Waals surface area contributed by atoms with Gasteiger partial charge in [-0.25, -0.2) is 0 Å². The molecule has 1 heterocycles. The minimum atomic E-state index is -0.602. The zero-order valence-corrected chi connectivity index (χ0v) is 14.1. The number of likely N-dealkylation sites (N-methyl/N-ethyl adjacent to an activating group) is 1. The van der Waals surface area contributed by atoms with Crippen molar-refractivity contribution in [3.63, 3.8) is 0 Å². The lowest BCUT2D eigenvalue weighted by molar-refractivity contribution is -0.124. The molecule has 0 radical (unpaired) electrons. The summed E-state index contributed by atoms with van der Waals surface area (Å²) in [7, 11) is 0. The molecule has 0 fully saturated rings. The Morgan fingerprint density at radius 2 is 1.88 bits per heavy atom. The molecule has 1 amide bonds. The molecule has 0 aliphatic rings. The summed E-state index contributed by atoms with van der Waals surface area (Å²) in [4.78, 5) is 14.4. The third-order valence-corrected chi connectivity index (χ3v) is 3.77. The third kappa shape index (κ3) is 3.85. The number of aromatic nitrogens is 2. The highest BCUT2D eigenvalue weighted by molar-refractivity contribution is 5.96. The first kappa shape index (κ1) is 16.7. The first-order valence-electron chi connectivity index (χ1n) is 8.08. The highest BCUT2D eigenvalue weighted by atomic mass is 16.5. The molecule has 128 valence electrons. The Bertz CT molecular complexity index is 802. The fourth-order valence-electron chi connectivity index (χ4n) is 2.52. The summed E-state index contributed by atoms with van der Waals surface area (Å²) in [5.41, 5.74) is 1.65. The molecule has 0 N–H and O–H groups in total. The predicted molar refractivity (Wildman–Crippen MR) is 94.3 cm³/mol. The molecule has 0 saturated heterocycles. The van der Waals surface area contributed by atoms with E-state index in [4.69, 9.17) is 9.15 Å². The number of amides is 1. The van der Waals surface area contributed by atoms with Gasteiger partial charge in [-0.1, -0.05) is 18.2 Å². The van der Waals surface area contributed by atoms with Crippen molar-refractivity contribution in [1.82, 2.24) is 10.2 Å². The van der Waals surface area contributed by atoms with Gasteiger partial charge in [0.05, 0.1) is 0 Å². The molecule has 0 saturated carbocycles. The molecule has 1 atom stereocenters. The molecule has 0 aliphatic carbocycles. The Hall–Kier alpha value is -3.15. The van der Waals surface area contributed by atoms with E-state index in [1.165, 1.54) is 6.39 Å². The Kier molecular flexibility index (Phi) is 5.09. The third-order valence-electron chi connectivity index (χ3n) is 3.77. The minimum Gasteiger partial charge on any atom is -0.481 e. The predicted octanol–water partition coefficient (Wildman–Crippen LogP) is 3.56. The van der Waals surface area contributed by atoms with Crippen LogP contribution in [0, 0.1) is 0 Å². The normalized spacial score (nSPS) is 11.8. The van der Waals surface area contributed by atoms with Crippen LogP contribution in [0.5, 0.6) is 5.75 Å². The van der Waals surface area contributed by atoms with Gasteiger partial charge in [-0.3, -0.25) is 4.79 Å². The number of para-hydroxylation sites is 1. The van der Waals surface area contributed by atoms with E-state index in [1.54, 1.807) is 24.0 Å². The summed E-state index contributed by atoms with van der Waals surface area (Å²) in [6.07, 6.45) is 0.679. The number of carbonyl (C=O) groups is 1. The lowest BCUT2D eigenvalue weighted by Gasteiger charge is -2.25. The van der Waals surface area contributed by atoms with Crippen molar-refractivity contribution in [2.45, 2.75) is 20.0 Å². The number of hydrogen-bond donors (Lipinski definition) is 0. The van der Waals surface area contributed by atoms with Gasteiger partial charge in [0.15, 0.2) is 6.10 Å². The minimum absolute atomic E-state index is 0.0883. The maximum absolute atomic E-state index is 12.7. The van der Waals surface area contributed by atoms with Gasteiger partial charge in [-0.15, -0.1) is 10.2 Å². The molecular weight excluding hydrogens is 318 g/mol. The Labute approximate surface area is 146 Å². The Morgan fingerprint density at radius 3 is 2.48 bits per heavy atom. The van der Waals surface area contributed by atoms with Crippen molar-refractivity contribution in [2.75, 3.05) is 11.4 Å². The van der Waals surface area contributed by atoms with Gasteiger partial charge in [0.1, 0.15) is 5.75 Å². The van der Waals surface area contributed by atoms with Crippen molar-refractivity contribution in [3.8, 4) is 17.2 Å². The van der Waals surface area contributed by atoms with Crippen LogP contribution >= 0.6 is 0 Å². The number of rotatable bonds is 6. The van der Waals surface area contributed by atoms with Crippen molar-refractivity contribution in [2.24, 2.45) is 0 Å². The van der Waals surface area contributed by atoms with Crippen molar-refractivity contribution < 1.29 is 13.9 Å². The second-order valence-electron chi connectivity index (χ2n) is 5.45. The van der Waals surface area contributed by atoms with Gasteiger partial charge in [0.25, 0.3) is 5.91 Å². The van der Waals surface area contributed by atoms with E-state index < -0.39 is 6.10 Å². The van der Waals surface area contributed by atoms with E-state index in [0.717, 1.165) is 11.3 Å². The smallest absolute Gasteiger partial charge is 0.267 e. The molecule has 0 spiro atoms. The van der Waals surface area contributed by atoms with Crippen LogP contribution in [0.3, 0.4) is 0 Å². The zero-order valence-electron chi connectivity index (χ0n) is 14.1. The van der Waals surface area contributed by atoms with Crippen LogP contribution in [0.4, 0.5) is 5.69 Å². The van der Waals surface area contributed by atoms with Crippen LogP contribution in [-0.2, 0) is 4.79 Å². The quantitative estimate of drug-likeness (QED) is 0.688. The van der Waals surface area contributed by atoms with E-state index in [9.17, 15) is 4.79 Å². The van der Waals surface area contributed by atoms with Gasteiger partial charge in [-0.05, 0) is 50.2 Å². The molecule has 3 aromatic rings. The average molecular weight is 337 g/mol. The SMILES string of the molecule is CCN(C(=O)[C@@H](C)Oc1ccc(-c2nnco2)cc1)c1ccccc1. The first-order chi connectivity index (χ1) is 12.2. The first-order valence-corrected chi connectivity index (χ1v) is 8.08. The summed E-state index contributed by atoms with van der Waals surface area (Å²) in [5.74, 6) is 0.958. The number of benzene rings is 2. The average Bonchev–Trinajstić information content (AvgIpc) is 3.18. The van der Waals surface area contributed by atoms with Gasteiger partial charge in [0.2, 0.25) is 12.3 Å². The topological polar surface area (TPSA) is 68.5 Å². The van der Waals surface area contributed by atoms with Crippen LogP contribution in [0.25, 0.3) is 11.5 Å². The summed E-state index contributed by atoms with van der Waals surface area (Å²) in [5, 5.41) is 7.51. The van der Waals surface area contributed by atoms with Crippen LogP contribution in [0.2, 0.25) is 0 Å². The molecule has 6 heteroatoms. The van der Waals surface area contributed by atoms with E-state index in [2.05, 4.69) is 10.2 Å². The second kappa shape index (κ2) is 7.61. The summed E-state index contributed by atoms with van der Waals surface area (Å²) < 4.78 is 10.9. The summed E-state index contributed by atoms with van der Waals surface area (Å²) in [6.45, 7) is 4.27. The number of nitrogens with zero attached hydrogens (tertiary/aromatic N) is 3. The van der Waals surface area contributed by atoms with E-state index in [1.807, 2.05) is 49.4 Å². The number of hydrogen-bond acceptors (Lipinski definition) is 5. The molecule has 25 heavy (non-hydrogen) atoms. The van der Waals surface area contributed by atoms with Crippen LogP contribution in [-0.4, -0.2) is 28.8 Å². The Morgan fingerprint density at radius 1 is 1.16 bits per heavy atom. The van der Waals surface area contributed by atoms with Crippen molar-refractivity contribution in [1.29, 1.82) is 0 Å². The number of carbonyl (C=O) groups excluding carboxylic acids is 1. The highest BCUT2D eigenvalue weighted by Crippen LogP contribution is 2.22. The fourth-order valence-corrected chi connectivity index (χ4v) is 2.52. The number of ether oxygens (including phenoxy) is 1. The van der Waals surface area contributed by atoms with Crippen molar-refractivity contribution in [3.05, 3.63) is 61.0 Å². The lowest BCUT2D eigenvalue weighted by Crippen LogP contribution is -2.40. The lowest BCUT2D eigenvalue weighted by atomic mass is 10.2. The molecule has 0 bridgehead atoms.